The summed E-state index contributed by atoms with van der Waals surface area (Å²) in [6.45, 7) is 8.70. The van der Waals surface area contributed by atoms with E-state index in [0.717, 1.165) is 0 Å². The molecule has 0 spiro atoms. The molecule has 0 saturated carbocycles. The molecule has 1 aliphatic heterocycles. The third-order valence-electron chi connectivity index (χ3n) is 4.91. The third kappa shape index (κ3) is 6.18. The van der Waals surface area contributed by atoms with Crippen LogP contribution in [0.2, 0.25) is 0 Å². The van der Waals surface area contributed by atoms with Crippen LogP contribution in [0.5, 0.6) is 5.88 Å². The topological polar surface area (TPSA) is 179 Å². The SMILES string of the molecule is COc1nc(N)nc2c1ncn2C1OC(COP(N)(=O)NC(C)C(=O)OC(C)(C)C)CC1C. The van der Waals surface area contributed by atoms with Gasteiger partial charge in [0.25, 0.3) is 0 Å². The molecule has 1 fully saturated rings. The lowest BCUT2D eigenvalue weighted by atomic mass is 10.1. The fourth-order valence-corrected chi connectivity index (χ4v) is 4.65. The Bertz CT molecular complexity index is 1060. The van der Waals surface area contributed by atoms with Gasteiger partial charge in [-0.2, -0.15) is 9.97 Å². The van der Waals surface area contributed by atoms with Crippen LogP contribution in [0.3, 0.4) is 0 Å². The Balaban J connectivity index is 1.63. The number of rotatable bonds is 8. The second-order valence-electron chi connectivity index (χ2n) is 9.05. The number of ether oxygens (including phenoxy) is 3. The summed E-state index contributed by atoms with van der Waals surface area (Å²) in [7, 11) is -2.30. The Morgan fingerprint density at radius 2 is 2.12 bits per heavy atom. The first-order valence-corrected chi connectivity index (χ1v) is 12.2. The fraction of sp³-hybridized carbons (Fsp3) is 0.684. The zero-order valence-electron chi connectivity index (χ0n) is 19.6. The van der Waals surface area contributed by atoms with Gasteiger partial charge in [0.05, 0.1) is 26.1 Å². The van der Waals surface area contributed by atoms with E-state index in [4.69, 9.17) is 30.0 Å². The molecule has 2 aromatic rings. The fourth-order valence-electron chi connectivity index (χ4n) is 3.54. The number of hydrogen-bond donors (Lipinski definition) is 3. The first-order valence-electron chi connectivity index (χ1n) is 10.5. The number of carbonyl (C=O) groups excluding carboxylic acids is 1. The van der Waals surface area contributed by atoms with Gasteiger partial charge in [-0.25, -0.2) is 15.6 Å². The number of nitrogens with one attached hydrogen (secondary N) is 1. The number of nitrogen functional groups attached to an aromatic ring is 1. The molecule has 5 atom stereocenters. The van der Waals surface area contributed by atoms with Crippen molar-refractivity contribution in [3.8, 4) is 5.88 Å². The van der Waals surface area contributed by atoms with Crippen molar-refractivity contribution in [2.24, 2.45) is 11.4 Å². The van der Waals surface area contributed by atoms with E-state index in [0.29, 0.717) is 17.6 Å². The quantitative estimate of drug-likeness (QED) is 0.365. The summed E-state index contributed by atoms with van der Waals surface area (Å²) in [5, 5.41) is 2.52. The molecule has 13 nitrogen and oxygen atoms in total. The van der Waals surface area contributed by atoms with Crippen LogP contribution < -0.4 is 21.1 Å². The summed E-state index contributed by atoms with van der Waals surface area (Å²) in [4.78, 5) is 24.7. The van der Waals surface area contributed by atoms with Gasteiger partial charge in [0.15, 0.2) is 11.2 Å². The predicted molar refractivity (Wildman–Crippen MR) is 120 cm³/mol. The number of aromatic nitrogens is 4. The van der Waals surface area contributed by atoms with E-state index in [1.165, 1.54) is 14.0 Å². The van der Waals surface area contributed by atoms with Gasteiger partial charge in [-0.05, 0) is 34.1 Å². The smallest absolute Gasteiger partial charge is 0.338 e. The zero-order chi connectivity index (χ0) is 24.6. The largest absolute Gasteiger partial charge is 0.479 e. The molecular formula is C19H32N7O6P. The second kappa shape index (κ2) is 9.51. The molecule has 184 valence electrons. The molecule has 2 aromatic heterocycles. The van der Waals surface area contributed by atoms with Gasteiger partial charge in [-0.1, -0.05) is 6.92 Å². The van der Waals surface area contributed by atoms with Gasteiger partial charge >= 0.3 is 13.6 Å². The molecule has 1 saturated heterocycles. The summed E-state index contributed by atoms with van der Waals surface area (Å²) >= 11 is 0. The van der Waals surface area contributed by atoms with Gasteiger partial charge < -0.3 is 24.5 Å². The summed E-state index contributed by atoms with van der Waals surface area (Å²) in [5.41, 5.74) is 11.8. The normalized spacial score (nSPS) is 23.9. The van der Waals surface area contributed by atoms with Crippen molar-refractivity contribution in [1.82, 2.24) is 24.6 Å². The molecule has 3 rings (SSSR count). The summed E-state index contributed by atoms with van der Waals surface area (Å²) in [5.74, 6) is -0.188. The lowest BCUT2D eigenvalue weighted by Gasteiger charge is -2.25. The number of nitrogens with two attached hydrogens (primary N) is 2. The maximum Gasteiger partial charge on any atom is 0.338 e. The summed E-state index contributed by atoms with van der Waals surface area (Å²) in [6, 6.07) is -0.909. The van der Waals surface area contributed by atoms with Crippen LogP contribution in [0, 0.1) is 5.92 Å². The minimum Gasteiger partial charge on any atom is -0.479 e. The third-order valence-corrected chi connectivity index (χ3v) is 6.19. The van der Waals surface area contributed by atoms with Gasteiger partial charge in [-0.15, -0.1) is 0 Å². The number of hydrogen-bond acceptors (Lipinski definition) is 10. The number of methoxy groups -OCH3 is 1. The number of anilines is 1. The Kier molecular flexibility index (Phi) is 7.30. The summed E-state index contributed by atoms with van der Waals surface area (Å²) < 4.78 is 36.4. The minimum atomic E-state index is -3.78. The molecule has 5 unspecified atom stereocenters. The standard InChI is InChI=1S/C19H32N7O6P/c1-10-7-12(8-30-33(21,28)25-11(2)17(27)32-19(3,4)5)31-16(10)26-9-22-13-14(26)23-18(20)24-15(13)29-6/h9-12,16H,7-8H2,1-6H3,(H2,20,23,24)(H3,21,25,28). The van der Waals surface area contributed by atoms with Crippen LogP contribution in [0.15, 0.2) is 6.33 Å². The molecule has 33 heavy (non-hydrogen) atoms. The van der Waals surface area contributed by atoms with Crippen molar-refractivity contribution < 1.29 is 28.1 Å². The lowest BCUT2D eigenvalue weighted by molar-refractivity contribution is -0.156. The highest BCUT2D eigenvalue weighted by molar-refractivity contribution is 7.54. The average Bonchev–Trinajstić information content (AvgIpc) is 3.27. The van der Waals surface area contributed by atoms with Crippen LogP contribution >= 0.6 is 7.67 Å². The Hall–Kier alpha value is -2.31. The van der Waals surface area contributed by atoms with E-state index in [1.807, 2.05) is 6.92 Å². The van der Waals surface area contributed by atoms with Crippen LogP contribution in [0.1, 0.15) is 47.3 Å². The molecule has 1 aliphatic rings. The first-order chi connectivity index (χ1) is 15.3. The van der Waals surface area contributed by atoms with Crippen LogP contribution in [-0.4, -0.2) is 57.0 Å². The number of imidazole rings is 1. The molecule has 0 aromatic carbocycles. The Morgan fingerprint density at radius 3 is 2.76 bits per heavy atom. The molecule has 0 bridgehead atoms. The maximum absolute atomic E-state index is 12.6. The van der Waals surface area contributed by atoms with E-state index >= 15 is 0 Å². The van der Waals surface area contributed by atoms with Crippen molar-refractivity contribution in [2.45, 2.75) is 65.0 Å². The minimum absolute atomic E-state index is 0.0320. The highest BCUT2D eigenvalue weighted by atomic mass is 31.2. The van der Waals surface area contributed by atoms with E-state index in [-0.39, 0.29) is 30.5 Å². The van der Waals surface area contributed by atoms with Gasteiger partial charge in [0.2, 0.25) is 11.8 Å². The van der Waals surface area contributed by atoms with Gasteiger partial charge in [-0.3, -0.25) is 13.9 Å². The molecule has 0 amide bonds. The molecule has 0 radical (unpaired) electrons. The first kappa shape index (κ1) is 25.3. The van der Waals surface area contributed by atoms with Crippen molar-refractivity contribution in [3.63, 3.8) is 0 Å². The zero-order valence-corrected chi connectivity index (χ0v) is 20.5. The molecule has 14 heteroatoms. The van der Waals surface area contributed by atoms with E-state index < -0.39 is 31.5 Å². The lowest BCUT2D eigenvalue weighted by Crippen LogP contribution is -2.39. The Morgan fingerprint density at radius 1 is 1.42 bits per heavy atom. The van der Waals surface area contributed by atoms with Crippen molar-refractivity contribution in [3.05, 3.63) is 6.33 Å². The predicted octanol–water partition coefficient (Wildman–Crippen LogP) is 1.74. The van der Waals surface area contributed by atoms with Crippen LogP contribution in [0.4, 0.5) is 5.95 Å². The van der Waals surface area contributed by atoms with E-state index in [1.54, 1.807) is 31.7 Å². The number of esters is 1. The maximum atomic E-state index is 12.6. The van der Waals surface area contributed by atoms with Gasteiger partial charge in [0.1, 0.15) is 17.9 Å². The van der Waals surface area contributed by atoms with Crippen molar-refractivity contribution in [1.29, 1.82) is 0 Å². The highest BCUT2D eigenvalue weighted by Gasteiger charge is 2.37. The van der Waals surface area contributed by atoms with Crippen LogP contribution in [0.25, 0.3) is 11.2 Å². The number of nitrogens with zero attached hydrogens (tertiary/aromatic N) is 4. The monoisotopic (exact) mass is 485 g/mol. The van der Waals surface area contributed by atoms with E-state index in [2.05, 4.69) is 20.0 Å². The van der Waals surface area contributed by atoms with Crippen molar-refractivity contribution in [2.75, 3.05) is 19.5 Å². The molecule has 5 N–H and O–H groups in total. The Labute approximate surface area is 192 Å². The molecular weight excluding hydrogens is 453 g/mol. The molecule has 0 aliphatic carbocycles. The van der Waals surface area contributed by atoms with Crippen LogP contribution in [-0.2, 0) is 23.4 Å². The second-order valence-corrected chi connectivity index (χ2v) is 10.8. The number of carbonyl (C=O) groups is 1. The average molecular weight is 485 g/mol. The van der Waals surface area contributed by atoms with Gasteiger partial charge in [0, 0.05) is 5.92 Å². The van der Waals surface area contributed by atoms with E-state index in [9.17, 15) is 9.36 Å². The highest BCUT2D eigenvalue weighted by Crippen LogP contribution is 2.40. The number of fused-ring (bicyclic) bond motifs is 1. The summed E-state index contributed by atoms with van der Waals surface area (Å²) in [6.07, 6.45) is 1.40. The molecule has 3 heterocycles. The van der Waals surface area contributed by atoms with Crippen molar-refractivity contribution >= 4 is 30.8 Å².